The minimum absolute atomic E-state index is 0.0131. The third-order valence-corrected chi connectivity index (χ3v) is 6.83. The summed E-state index contributed by atoms with van der Waals surface area (Å²) in [5.74, 6) is 4.90. The quantitative estimate of drug-likeness (QED) is 0.144. The number of alkyl halides is 3. The monoisotopic (exact) mass is 594 g/mol. The van der Waals surface area contributed by atoms with Gasteiger partial charge >= 0.3 is 12.2 Å². The number of nitrogens with zero attached hydrogens (tertiary/aromatic N) is 4. The van der Waals surface area contributed by atoms with Gasteiger partial charge < -0.3 is 10.1 Å². The van der Waals surface area contributed by atoms with E-state index in [0.717, 1.165) is 16.7 Å². The average molecular weight is 595 g/mol. The lowest BCUT2D eigenvalue weighted by molar-refractivity contribution is -0.140. The highest BCUT2D eigenvalue weighted by atomic mass is 32.1. The lowest BCUT2D eigenvalue weighted by atomic mass is 10.0. The van der Waals surface area contributed by atoms with Crippen LogP contribution in [-0.4, -0.2) is 63.6 Å². The van der Waals surface area contributed by atoms with Gasteiger partial charge in [-0.1, -0.05) is 0 Å². The standard InChI is InChI=1S/C26H33F3N8O3S/c1-6-31-25(39)35-21-10-18(24-34-20(13-41-24)26(27,28)29)19(12-32-21)17-9-16(22(38)36-30)11-33-23(17)40-8-7-37(14(2)3)15(4)5/h9-15H,6-8,30H2,1-5H3,(H,36,38)(H2,31,32,35,39). The molecule has 3 rings (SSSR count). The molecule has 0 aliphatic rings. The van der Waals surface area contributed by atoms with Crippen molar-refractivity contribution in [3.8, 4) is 27.6 Å². The van der Waals surface area contributed by atoms with E-state index < -0.39 is 23.8 Å². The van der Waals surface area contributed by atoms with Crippen LogP contribution in [-0.2, 0) is 6.18 Å². The molecule has 5 N–H and O–H groups in total. The van der Waals surface area contributed by atoms with Gasteiger partial charge in [-0.25, -0.2) is 25.6 Å². The van der Waals surface area contributed by atoms with Crippen molar-refractivity contribution in [3.05, 3.63) is 41.2 Å². The van der Waals surface area contributed by atoms with Crippen molar-refractivity contribution in [1.82, 2.24) is 30.6 Å². The van der Waals surface area contributed by atoms with Crippen molar-refractivity contribution in [2.24, 2.45) is 5.84 Å². The van der Waals surface area contributed by atoms with Crippen LogP contribution in [0.15, 0.2) is 29.9 Å². The Kier molecular flexibility index (Phi) is 10.6. The van der Waals surface area contributed by atoms with Gasteiger partial charge in [0.2, 0.25) is 5.88 Å². The molecule has 222 valence electrons. The summed E-state index contributed by atoms with van der Waals surface area (Å²) in [6.07, 6.45) is -2.02. The van der Waals surface area contributed by atoms with Crippen LogP contribution in [0, 0.1) is 0 Å². The largest absolute Gasteiger partial charge is 0.476 e. The summed E-state index contributed by atoms with van der Waals surface area (Å²) in [7, 11) is 0. The Morgan fingerprint density at radius 2 is 1.78 bits per heavy atom. The zero-order chi connectivity index (χ0) is 30.3. The van der Waals surface area contributed by atoms with Gasteiger partial charge in [0.15, 0.2) is 5.69 Å². The lowest BCUT2D eigenvalue weighted by Gasteiger charge is -2.30. The molecule has 15 heteroatoms. The molecule has 3 amide bonds. The number of nitrogen functional groups attached to an aromatic ring is 1. The Hall–Kier alpha value is -3.82. The predicted octanol–water partition coefficient (Wildman–Crippen LogP) is 4.53. The number of hydrazine groups is 1. The number of aromatic nitrogens is 3. The second-order valence-electron chi connectivity index (χ2n) is 9.46. The van der Waals surface area contributed by atoms with E-state index in [1.807, 2.05) is 5.43 Å². The molecule has 0 saturated heterocycles. The van der Waals surface area contributed by atoms with Crippen molar-refractivity contribution in [2.45, 2.75) is 52.9 Å². The first-order valence-electron chi connectivity index (χ1n) is 12.8. The first-order valence-corrected chi connectivity index (χ1v) is 13.7. The summed E-state index contributed by atoms with van der Waals surface area (Å²) in [4.78, 5) is 39.1. The number of nitrogens with one attached hydrogen (secondary N) is 3. The van der Waals surface area contributed by atoms with Gasteiger partial charge in [0.25, 0.3) is 5.91 Å². The van der Waals surface area contributed by atoms with Crippen LogP contribution in [0.5, 0.6) is 5.88 Å². The second-order valence-corrected chi connectivity index (χ2v) is 10.3. The minimum atomic E-state index is -4.66. The maximum Gasteiger partial charge on any atom is 0.434 e. The van der Waals surface area contributed by atoms with Gasteiger partial charge in [0.1, 0.15) is 17.4 Å². The molecule has 0 atom stereocenters. The number of hydrogen-bond donors (Lipinski definition) is 4. The van der Waals surface area contributed by atoms with Gasteiger partial charge in [-0.05, 0) is 46.8 Å². The molecule has 0 unspecified atom stereocenters. The first-order chi connectivity index (χ1) is 19.3. The maximum absolute atomic E-state index is 13.4. The Labute approximate surface area is 239 Å². The molecular weight excluding hydrogens is 561 g/mol. The van der Waals surface area contributed by atoms with E-state index in [1.165, 1.54) is 24.5 Å². The van der Waals surface area contributed by atoms with Crippen LogP contribution in [0.1, 0.15) is 50.7 Å². The van der Waals surface area contributed by atoms with E-state index in [1.54, 1.807) is 6.92 Å². The number of thiazole rings is 1. The predicted molar refractivity (Wildman–Crippen MR) is 150 cm³/mol. The normalized spacial score (nSPS) is 11.7. The van der Waals surface area contributed by atoms with E-state index in [0.29, 0.717) is 13.1 Å². The van der Waals surface area contributed by atoms with Crippen LogP contribution in [0.2, 0.25) is 0 Å². The number of rotatable bonds is 11. The van der Waals surface area contributed by atoms with Crippen LogP contribution in [0.25, 0.3) is 21.7 Å². The van der Waals surface area contributed by atoms with Crippen molar-refractivity contribution < 1.29 is 27.5 Å². The van der Waals surface area contributed by atoms with Crippen LogP contribution >= 0.6 is 11.3 Å². The van der Waals surface area contributed by atoms with E-state index in [-0.39, 0.29) is 57.6 Å². The third kappa shape index (κ3) is 8.11. The highest BCUT2D eigenvalue weighted by Gasteiger charge is 2.34. The van der Waals surface area contributed by atoms with Crippen LogP contribution < -0.4 is 26.6 Å². The number of halogens is 3. The molecular formula is C26H33F3N8O3S. The Bertz CT molecular complexity index is 1360. The number of amides is 3. The molecule has 3 heterocycles. The number of hydrogen-bond acceptors (Lipinski definition) is 9. The second kappa shape index (κ2) is 13.7. The number of carbonyl (C=O) groups excluding carboxylic acids is 2. The highest BCUT2D eigenvalue weighted by molar-refractivity contribution is 7.13. The molecule has 0 fully saturated rings. The molecule has 0 aliphatic heterocycles. The summed E-state index contributed by atoms with van der Waals surface area (Å²) in [5.41, 5.74) is 1.85. The van der Waals surface area contributed by atoms with E-state index in [4.69, 9.17) is 10.6 Å². The van der Waals surface area contributed by atoms with E-state index in [9.17, 15) is 22.8 Å². The van der Waals surface area contributed by atoms with Crippen molar-refractivity contribution >= 4 is 29.1 Å². The number of urea groups is 1. The molecule has 41 heavy (non-hydrogen) atoms. The van der Waals surface area contributed by atoms with Gasteiger partial charge in [-0.3, -0.25) is 20.4 Å². The molecule has 0 radical (unpaired) electrons. The summed E-state index contributed by atoms with van der Waals surface area (Å²) >= 11 is 0.771. The number of pyridine rings is 2. The Morgan fingerprint density at radius 3 is 2.37 bits per heavy atom. The fourth-order valence-electron chi connectivity index (χ4n) is 4.09. The lowest BCUT2D eigenvalue weighted by Crippen LogP contribution is -2.39. The topological polar surface area (TPSA) is 147 Å². The smallest absolute Gasteiger partial charge is 0.434 e. The third-order valence-electron chi connectivity index (χ3n) is 5.96. The molecule has 0 aromatic carbocycles. The summed E-state index contributed by atoms with van der Waals surface area (Å²) in [6, 6.07) is 2.84. The average Bonchev–Trinajstić information content (AvgIpc) is 3.41. The van der Waals surface area contributed by atoms with Gasteiger partial charge in [0, 0.05) is 59.6 Å². The summed E-state index contributed by atoms with van der Waals surface area (Å²) in [6.45, 7) is 11.2. The Balaban J connectivity index is 2.14. The zero-order valence-corrected chi connectivity index (χ0v) is 24.1. The number of carbonyl (C=O) groups is 2. The van der Waals surface area contributed by atoms with E-state index >= 15 is 0 Å². The van der Waals surface area contributed by atoms with Crippen molar-refractivity contribution in [3.63, 3.8) is 0 Å². The van der Waals surface area contributed by atoms with Gasteiger partial charge in [-0.2, -0.15) is 13.2 Å². The van der Waals surface area contributed by atoms with Crippen LogP contribution in [0.3, 0.4) is 0 Å². The van der Waals surface area contributed by atoms with Crippen molar-refractivity contribution in [2.75, 3.05) is 25.0 Å². The zero-order valence-electron chi connectivity index (χ0n) is 23.3. The fourth-order valence-corrected chi connectivity index (χ4v) is 4.95. The highest BCUT2D eigenvalue weighted by Crippen LogP contribution is 2.40. The maximum atomic E-state index is 13.4. The Morgan fingerprint density at radius 1 is 1.07 bits per heavy atom. The fraction of sp³-hybridized carbons (Fsp3) is 0.423. The van der Waals surface area contributed by atoms with Gasteiger partial charge in [0.05, 0.1) is 5.56 Å². The minimum Gasteiger partial charge on any atom is -0.476 e. The molecule has 0 spiro atoms. The number of anilines is 1. The van der Waals surface area contributed by atoms with E-state index in [2.05, 4.69) is 58.2 Å². The van der Waals surface area contributed by atoms with Crippen LogP contribution in [0.4, 0.5) is 23.8 Å². The van der Waals surface area contributed by atoms with Gasteiger partial charge in [-0.15, -0.1) is 11.3 Å². The molecule has 3 aromatic rings. The number of ether oxygens (including phenoxy) is 1. The van der Waals surface area contributed by atoms with Crippen molar-refractivity contribution in [1.29, 1.82) is 0 Å². The molecule has 0 saturated carbocycles. The summed E-state index contributed by atoms with van der Waals surface area (Å²) < 4.78 is 46.3. The molecule has 11 nitrogen and oxygen atoms in total. The summed E-state index contributed by atoms with van der Waals surface area (Å²) in [5, 5.41) is 6.03. The first kappa shape index (κ1) is 31.7. The number of nitrogens with two attached hydrogens (primary N) is 1. The molecule has 3 aromatic heterocycles. The SMILES string of the molecule is CCNC(=O)Nc1cc(-c2nc(C(F)(F)F)cs2)c(-c2cc(C(=O)NN)cnc2OCCN(C(C)C)C(C)C)cn1. The molecule has 0 bridgehead atoms. The molecule has 0 aliphatic carbocycles.